The highest BCUT2D eigenvalue weighted by molar-refractivity contribution is 7.12. The second kappa shape index (κ2) is 10.3. The maximum Gasteiger partial charge on any atom is 0.264 e. The van der Waals surface area contributed by atoms with E-state index in [2.05, 4.69) is 5.32 Å². The Bertz CT molecular complexity index is 575. The van der Waals surface area contributed by atoms with Gasteiger partial charge in [0.2, 0.25) is 5.91 Å². The van der Waals surface area contributed by atoms with E-state index in [0.29, 0.717) is 23.9 Å². The normalized spacial score (nSPS) is 22.3. The molecule has 1 saturated carbocycles. The molecule has 1 saturated heterocycles. The fourth-order valence-electron chi connectivity index (χ4n) is 4.17. The molecule has 7 heteroatoms. The molecule has 2 fully saturated rings. The lowest BCUT2D eigenvalue weighted by atomic mass is 9.83. The predicted octanol–water partition coefficient (Wildman–Crippen LogP) is 3.19. The summed E-state index contributed by atoms with van der Waals surface area (Å²) in [5.41, 5.74) is 5.96. The zero-order chi connectivity index (χ0) is 17.6. The molecule has 2 atom stereocenters. The van der Waals surface area contributed by atoms with Gasteiger partial charge in [0, 0.05) is 19.1 Å². The van der Waals surface area contributed by atoms with Gasteiger partial charge >= 0.3 is 0 Å². The maximum absolute atomic E-state index is 12.9. The number of hydrogen-bond donors (Lipinski definition) is 2. The Morgan fingerprint density at radius 1 is 1.19 bits per heavy atom. The van der Waals surface area contributed by atoms with E-state index in [-0.39, 0.29) is 36.3 Å². The second-order valence-electron chi connectivity index (χ2n) is 7.24. The molecule has 3 N–H and O–H groups in total. The van der Waals surface area contributed by atoms with Crippen molar-refractivity contribution in [3.63, 3.8) is 0 Å². The van der Waals surface area contributed by atoms with Crippen molar-refractivity contribution in [3.05, 3.63) is 22.4 Å². The Kier molecular flexibility index (Phi) is 8.38. The number of carbonyl (C=O) groups excluding carboxylic acids is 2. The standard InChI is InChI=1S/C19H29N3O2S.ClH/c20-13-15(14-7-2-1-3-8-14)21-18(23)16-9-4-5-11-22(16)19(24)17-10-6-12-25-17;/h6,10,12,14-16H,1-5,7-9,11,13,20H2,(H,21,23);1H. The highest BCUT2D eigenvalue weighted by Crippen LogP contribution is 2.27. The summed E-state index contributed by atoms with van der Waals surface area (Å²) in [6.07, 6.45) is 8.72. The van der Waals surface area contributed by atoms with Crippen molar-refractivity contribution in [3.8, 4) is 0 Å². The number of likely N-dealkylation sites (tertiary alicyclic amines) is 1. The summed E-state index contributed by atoms with van der Waals surface area (Å²) in [5.74, 6) is 0.440. The first-order valence-electron chi connectivity index (χ1n) is 9.55. The number of carbonyl (C=O) groups is 2. The van der Waals surface area contributed by atoms with Crippen LogP contribution in [0.2, 0.25) is 0 Å². The highest BCUT2D eigenvalue weighted by Gasteiger charge is 2.35. The van der Waals surface area contributed by atoms with Gasteiger partial charge in [0.1, 0.15) is 6.04 Å². The number of piperidine rings is 1. The number of nitrogens with two attached hydrogens (primary N) is 1. The molecule has 0 bridgehead atoms. The third-order valence-electron chi connectivity index (χ3n) is 5.60. The molecule has 1 aliphatic carbocycles. The number of hydrogen-bond acceptors (Lipinski definition) is 4. The zero-order valence-corrected chi connectivity index (χ0v) is 16.8. The van der Waals surface area contributed by atoms with Crippen LogP contribution < -0.4 is 11.1 Å². The van der Waals surface area contributed by atoms with Crippen molar-refractivity contribution >= 4 is 35.6 Å². The van der Waals surface area contributed by atoms with Crippen LogP contribution in [0.3, 0.4) is 0 Å². The lowest BCUT2D eigenvalue weighted by Crippen LogP contribution is -2.56. The molecule has 1 aromatic rings. The minimum Gasteiger partial charge on any atom is -0.350 e. The number of thiophene rings is 1. The number of rotatable bonds is 5. The van der Waals surface area contributed by atoms with Gasteiger partial charge in [-0.3, -0.25) is 9.59 Å². The molecule has 5 nitrogen and oxygen atoms in total. The quantitative estimate of drug-likeness (QED) is 0.798. The van der Waals surface area contributed by atoms with E-state index >= 15 is 0 Å². The van der Waals surface area contributed by atoms with E-state index in [1.165, 1.54) is 30.6 Å². The lowest BCUT2D eigenvalue weighted by molar-refractivity contribution is -0.127. The Balaban J connectivity index is 0.00000243. The molecular formula is C19H30ClN3O2S. The number of nitrogens with zero attached hydrogens (tertiary/aromatic N) is 1. The minimum absolute atomic E-state index is 0. The van der Waals surface area contributed by atoms with E-state index in [9.17, 15) is 9.59 Å². The average Bonchev–Trinajstić information content (AvgIpc) is 3.21. The van der Waals surface area contributed by atoms with Crippen molar-refractivity contribution < 1.29 is 9.59 Å². The van der Waals surface area contributed by atoms with Crippen LogP contribution in [0.5, 0.6) is 0 Å². The monoisotopic (exact) mass is 399 g/mol. The Hall–Kier alpha value is -1.11. The van der Waals surface area contributed by atoms with Crippen LogP contribution in [0.4, 0.5) is 0 Å². The molecule has 2 unspecified atom stereocenters. The summed E-state index contributed by atoms with van der Waals surface area (Å²) in [4.78, 5) is 28.2. The van der Waals surface area contributed by atoms with Crippen LogP contribution in [0.1, 0.15) is 61.0 Å². The molecule has 2 aliphatic rings. The third kappa shape index (κ3) is 4.99. The molecular weight excluding hydrogens is 370 g/mol. The van der Waals surface area contributed by atoms with E-state index in [1.54, 1.807) is 4.90 Å². The van der Waals surface area contributed by atoms with Crippen LogP contribution >= 0.6 is 23.7 Å². The van der Waals surface area contributed by atoms with Crippen molar-refractivity contribution in [2.45, 2.75) is 63.5 Å². The minimum atomic E-state index is -0.360. The molecule has 0 radical (unpaired) electrons. The van der Waals surface area contributed by atoms with Crippen LogP contribution in [0.25, 0.3) is 0 Å². The van der Waals surface area contributed by atoms with Gasteiger partial charge in [-0.2, -0.15) is 0 Å². The van der Waals surface area contributed by atoms with Crippen molar-refractivity contribution in [1.29, 1.82) is 0 Å². The summed E-state index contributed by atoms with van der Waals surface area (Å²) < 4.78 is 0. The van der Waals surface area contributed by atoms with Gasteiger partial charge in [-0.25, -0.2) is 0 Å². The van der Waals surface area contributed by atoms with E-state index in [4.69, 9.17) is 5.73 Å². The molecule has 1 aromatic heterocycles. The Morgan fingerprint density at radius 3 is 2.58 bits per heavy atom. The van der Waals surface area contributed by atoms with Gasteiger partial charge in [0.15, 0.2) is 0 Å². The van der Waals surface area contributed by atoms with E-state index in [1.807, 2.05) is 17.5 Å². The molecule has 3 rings (SSSR count). The maximum atomic E-state index is 12.9. The summed E-state index contributed by atoms with van der Waals surface area (Å²) in [7, 11) is 0. The molecule has 146 valence electrons. The molecule has 26 heavy (non-hydrogen) atoms. The van der Waals surface area contributed by atoms with Gasteiger partial charge in [0.05, 0.1) is 4.88 Å². The fourth-order valence-corrected chi connectivity index (χ4v) is 4.85. The molecule has 1 aliphatic heterocycles. The van der Waals surface area contributed by atoms with Gasteiger partial charge in [0.25, 0.3) is 5.91 Å². The topological polar surface area (TPSA) is 75.4 Å². The third-order valence-corrected chi connectivity index (χ3v) is 6.46. The number of nitrogens with one attached hydrogen (secondary N) is 1. The lowest BCUT2D eigenvalue weighted by Gasteiger charge is -2.37. The number of halogens is 1. The SMILES string of the molecule is Cl.NCC(NC(=O)C1CCCCN1C(=O)c1cccs1)C1CCCCC1. The summed E-state index contributed by atoms with van der Waals surface area (Å²) in [6, 6.07) is 3.39. The average molecular weight is 400 g/mol. The molecule has 2 heterocycles. The van der Waals surface area contributed by atoms with Crippen LogP contribution in [0, 0.1) is 5.92 Å². The first-order valence-corrected chi connectivity index (χ1v) is 10.4. The van der Waals surface area contributed by atoms with Crippen LogP contribution in [-0.2, 0) is 4.79 Å². The van der Waals surface area contributed by atoms with Crippen LogP contribution in [-0.4, -0.2) is 41.9 Å². The smallest absolute Gasteiger partial charge is 0.264 e. The molecule has 0 spiro atoms. The number of amides is 2. The van der Waals surface area contributed by atoms with Crippen molar-refractivity contribution in [2.24, 2.45) is 11.7 Å². The van der Waals surface area contributed by atoms with Gasteiger partial charge in [-0.05, 0) is 49.5 Å². The largest absolute Gasteiger partial charge is 0.350 e. The first kappa shape index (κ1) is 21.2. The molecule has 0 aromatic carbocycles. The summed E-state index contributed by atoms with van der Waals surface area (Å²) in [6.45, 7) is 1.13. The second-order valence-corrected chi connectivity index (χ2v) is 8.18. The van der Waals surface area contributed by atoms with Gasteiger partial charge in [-0.15, -0.1) is 23.7 Å². The Morgan fingerprint density at radius 2 is 1.92 bits per heavy atom. The fraction of sp³-hybridized carbons (Fsp3) is 0.684. The first-order chi connectivity index (χ1) is 12.2. The van der Waals surface area contributed by atoms with Crippen molar-refractivity contribution in [2.75, 3.05) is 13.1 Å². The van der Waals surface area contributed by atoms with Gasteiger partial charge < -0.3 is 16.0 Å². The van der Waals surface area contributed by atoms with E-state index in [0.717, 1.165) is 32.1 Å². The predicted molar refractivity (Wildman–Crippen MR) is 108 cm³/mol. The zero-order valence-electron chi connectivity index (χ0n) is 15.2. The van der Waals surface area contributed by atoms with Gasteiger partial charge in [-0.1, -0.05) is 25.3 Å². The highest BCUT2D eigenvalue weighted by atomic mass is 35.5. The van der Waals surface area contributed by atoms with Crippen LogP contribution in [0.15, 0.2) is 17.5 Å². The van der Waals surface area contributed by atoms with Crippen molar-refractivity contribution in [1.82, 2.24) is 10.2 Å². The van der Waals surface area contributed by atoms with E-state index < -0.39 is 0 Å². The Labute approximate surface area is 166 Å². The summed E-state index contributed by atoms with van der Waals surface area (Å²) >= 11 is 1.44. The summed E-state index contributed by atoms with van der Waals surface area (Å²) in [5, 5.41) is 5.08. The molecule has 2 amide bonds.